The van der Waals surface area contributed by atoms with Gasteiger partial charge in [-0.25, -0.2) is 13.6 Å². The van der Waals surface area contributed by atoms with Crippen LogP contribution >= 0.6 is 11.6 Å². The predicted molar refractivity (Wildman–Crippen MR) is 63.1 cm³/mol. The van der Waals surface area contributed by atoms with Gasteiger partial charge in [0, 0.05) is 6.54 Å². The lowest BCUT2D eigenvalue weighted by Gasteiger charge is -2.21. The second-order valence-electron chi connectivity index (χ2n) is 4.24. The van der Waals surface area contributed by atoms with Crippen molar-refractivity contribution in [3.05, 3.63) is 34.4 Å². The number of hydrogen-bond donors (Lipinski definition) is 1. The highest BCUT2D eigenvalue weighted by Crippen LogP contribution is 2.24. The Labute approximate surface area is 112 Å². The van der Waals surface area contributed by atoms with E-state index in [1.807, 2.05) is 0 Å². The summed E-state index contributed by atoms with van der Waals surface area (Å²) in [5.41, 5.74) is -0.505. The number of carbonyl (C=O) groups excluding carboxylic acids is 1. The average Bonchev–Trinajstić information content (AvgIpc) is 2.82. The Balaban J connectivity index is 2.34. The van der Waals surface area contributed by atoms with Crippen LogP contribution in [0.25, 0.3) is 0 Å². The molecule has 0 aliphatic carbocycles. The maximum absolute atomic E-state index is 13.6. The van der Waals surface area contributed by atoms with E-state index in [9.17, 15) is 18.4 Å². The lowest BCUT2D eigenvalue weighted by Crippen LogP contribution is -2.40. The molecule has 1 aromatic carbocycles. The number of carboxylic acids is 1. The van der Waals surface area contributed by atoms with Crippen LogP contribution in [0.3, 0.4) is 0 Å². The fourth-order valence-corrected chi connectivity index (χ4v) is 2.26. The van der Waals surface area contributed by atoms with E-state index in [0.29, 0.717) is 25.0 Å². The van der Waals surface area contributed by atoms with Crippen molar-refractivity contribution in [2.45, 2.75) is 18.9 Å². The Bertz CT molecular complexity index is 550. The van der Waals surface area contributed by atoms with Gasteiger partial charge in [-0.05, 0) is 25.0 Å². The first kappa shape index (κ1) is 13.7. The normalized spacial score (nSPS) is 18.7. The smallest absolute Gasteiger partial charge is 0.326 e. The van der Waals surface area contributed by atoms with Crippen LogP contribution in [0.4, 0.5) is 8.78 Å². The molecule has 0 aromatic heterocycles. The SMILES string of the molecule is O=C(O)C1CCCN1C(=O)c1cc(F)c(Cl)cc1F. The van der Waals surface area contributed by atoms with Gasteiger partial charge >= 0.3 is 5.97 Å². The van der Waals surface area contributed by atoms with Crippen LogP contribution in [0.1, 0.15) is 23.2 Å². The number of hydrogen-bond acceptors (Lipinski definition) is 2. The molecule has 7 heteroatoms. The van der Waals surface area contributed by atoms with Crippen LogP contribution < -0.4 is 0 Å². The summed E-state index contributed by atoms with van der Waals surface area (Å²) in [6.45, 7) is 0.208. The van der Waals surface area contributed by atoms with Crippen molar-refractivity contribution in [2.75, 3.05) is 6.54 Å². The zero-order chi connectivity index (χ0) is 14.2. The standard InChI is InChI=1S/C12H10ClF2NO3/c13-7-5-8(14)6(4-9(7)15)11(17)16-3-1-2-10(16)12(18)19/h4-5,10H,1-3H2,(H,18,19). The third-order valence-electron chi connectivity index (χ3n) is 3.04. The molecule has 1 aromatic rings. The molecule has 1 atom stereocenters. The van der Waals surface area contributed by atoms with Crippen molar-refractivity contribution in [3.63, 3.8) is 0 Å². The van der Waals surface area contributed by atoms with Gasteiger partial charge in [0.25, 0.3) is 5.91 Å². The minimum Gasteiger partial charge on any atom is -0.480 e. The van der Waals surface area contributed by atoms with Gasteiger partial charge < -0.3 is 10.0 Å². The molecule has 0 spiro atoms. The molecule has 0 radical (unpaired) electrons. The van der Waals surface area contributed by atoms with Crippen LogP contribution in [0.2, 0.25) is 5.02 Å². The zero-order valence-corrected chi connectivity index (χ0v) is 10.5. The van der Waals surface area contributed by atoms with Crippen molar-refractivity contribution < 1.29 is 23.5 Å². The van der Waals surface area contributed by atoms with E-state index >= 15 is 0 Å². The third-order valence-corrected chi connectivity index (χ3v) is 3.33. The Morgan fingerprint density at radius 1 is 1.32 bits per heavy atom. The molecule has 0 bridgehead atoms. The monoisotopic (exact) mass is 289 g/mol. The quantitative estimate of drug-likeness (QED) is 0.850. The number of benzene rings is 1. The highest BCUT2D eigenvalue weighted by molar-refractivity contribution is 6.30. The second kappa shape index (κ2) is 5.13. The number of nitrogens with zero attached hydrogens (tertiary/aromatic N) is 1. The van der Waals surface area contributed by atoms with Gasteiger partial charge in [-0.15, -0.1) is 0 Å². The van der Waals surface area contributed by atoms with Gasteiger partial charge in [0.15, 0.2) is 0 Å². The largest absolute Gasteiger partial charge is 0.480 e. The van der Waals surface area contributed by atoms with E-state index in [-0.39, 0.29) is 6.54 Å². The molecular weight excluding hydrogens is 280 g/mol. The Hall–Kier alpha value is -1.69. The summed E-state index contributed by atoms with van der Waals surface area (Å²) in [5, 5.41) is 8.54. The highest BCUT2D eigenvalue weighted by Gasteiger charge is 2.35. The molecule has 1 aliphatic rings. The lowest BCUT2D eigenvalue weighted by molar-refractivity contribution is -0.141. The highest BCUT2D eigenvalue weighted by atomic mass is 35.5. The number of amides is 1. The summed E-state index contributed by atoms with van der Waals surface area (Å²) < 4.78 is 26.9. The molecule has 19 heavy (non-hydrogen) atoms. The first-order valence-corrected chi connectivity index (χ1v) is 5.98. The van der Waals surface area contributed by atoms with Crippen molar-refractivity contribution >= 4 is 23.5 Å². The fourth-order valence-electron chi connectivity index (χ4n) is 2.11. The first-order valence-electron chi connectivity index (χ1n) is 5.60. The Kier molecular flexibility index (Phi) is 3.71. The summed E-state index contributed by atoms with van der Waals surface area (Å²) in [5.74, 6) is -3.87. The van der Waals surface area contributed by atoms with Gasteiger partial charge in [-0.2, -0.15) is 0 Å². The first-order chi connectivity index (χ1) is 8.91. The molecule has 1 unspecified atom stereocenters. The Morgan fingerprint density at radius 3 is 2.63 bits per heavy atom. The van der Waals surface area contributed by atoms with Gasteiger partial charge in [0.1, 0.15) is 17.7 Å². The summed E-state index contributed by atoms with van der Waals surface area (Å²) in [7, 11) is 0. The fraction of sp³-hybridized carbons (Fsp3) is 0.333. The van der Waals surface area contributed by atoms with E-state index in [0.717, 1.165) is 4.90 Å². The van der Waals surface area contributed by atoms with Gasteiger partial charge in [0.2, 0.25) is 0 Å². The number of rotatable bonds is 2. The molecule has 1 heterocycles. The molecule has 102 valence electrons. The van der Waals surface area contributed by atoms with Crippen LogP contribution in [-0.2, 0) is 4.79 Å². The van der Waals surface area contributed by atoms with Crippen molar-refractivity contribution in [1.82, 2.24) is 4.90 Å². The number of carbonyl (C=O) groups is 2. The van der Waals surface area contributed by atoms with Crippen LogP contribution in [0.5, 0.6) is 0 Å². The predicted octanol–water partition coefficient (Wildman–Crippen LogP) is 2.31. The number of halogens is 3. The molecule has 1 N–H and O–H groups in total. The summed E-state index contributed by atoms with van der Waals surface area (Å²) >= 11 is 5.40. The van der Waals surface area contributed by atoms with Crippen molar-refractivity contribution in [1.29, 1.82) is 0 Å². The summed E-state index contributed by atoms with van der Waals surface area (Å²) in [6, 6.07) is 0.401. The summed E-state index contributed by atoms with van der Waals surface area (Å²) in [6.07, 6.45) is 0.819. The lowest BCUT2D eigenvalue weighted by atomic mass is 10.1. The van der Waals surface area contributed by atoms with E-state index in [1.165, 1.54) is 0 Å². The maximum atomic E-state index is 13.6. The van der Waals surface area contributed by atoms with Crippen LogP contribution in [0.15, 0.2) is 12.1 Å². The second-order valence-corrected chi connectivity index (χ2v) is 4.65. The van der Waals surface area contributed by atoms with E-state index in [1.54, 1.807) is 0 Å². The van der Waals surface area contributed by atoms with E-state index in [4.69, 9.17) is 16.7 Å². The average molecular weight is 290 g/mol. The molecule has 4 nitrogen and oxygen atoms in total. The topological polar surface area (TPSA) is 57.6 Å². The van der Waals surface area contributed by atoms with Gasteiger partial charge in [-0.3, -0.25) is 4.79 Å². The number of aliphatic carboxylic acids is 1. The minimum atomic E-state index is -1.15. The van der Waals surface area contributed by atoms with Gasteiger partial charge in [-0.1, -0.05) is 11.6 Å². The van der Waals surface area contributed by atoms with E-state index < -0.39 is 40.1 Å². The number of likely N-dealkylation sites (tertiary alicyclic amines) is 1. The minimum absolute atomic E-state index is 0.208. The van der Waals surface area contributed by atoms with Crippen LogP contribution in [0, 0.1) is 11.6 Å². The molecule has 1 aliphatic heterocycles. The third kappa shape index (κ3) is 2.53. The maximum Gasteiger partial charge on any atom is 0.326 e. The molecular formula is C12H10ClF2NO3. The van der Waals surface area contributed by atoms with E-state index in [2.05, 4.69) is 0 Å². The Morgan fingerprint density at radius 2 is 2.00 bits per heavy atom. The van der Waals surface area contributed by atoms with Gasteiger partial charge in [0.05, 0.1) is 10.6 Å². The van der Waals surface area contributed by atoms with Crippen LogP contribution in [-0.4, -0.2) is 34.5 Å². The molecule has 1 saturated heterocycles. The molecule has 0 saturated carbocycles. The molecule has 1 amide bonds. The molecule has 2 rings (SSSR count). The van der Waals surface area contributed by atoms with Crippen molar-refractivity contribution in [2.24, 2.45) is 0 Å². The number of carboxylic acid groups (broad SMARTS) is 1. The molecule has 1 fully saturated rings. The zero-order valence-electron chi connectivity index (χ0n) is 9.70. The summed E-state index contributed by atoms with van der Waals surface area (Å²) in [4.78, 5) is 24.1. The van der Waals surface area contributed by atoms with Crippen molar-refractivity contribution in [3.8, 4) is 0 Å².